The van der Waals surface area contributed by atoms with E-state index in [0.717, 1.165) is 0 Å². The first-order valence-corrected chi connectivity index (χ1v) is 10.7. The standard InChI is InChI=1S/C25H26N2O6/c1-14-5-7-17(18(9-14)27(31)32)26-19-12-25(2,3)13-21(29)24(19)16(11-23(26)30)15-6-8-20(28)22(10-15)33-4/h5-10,16,28H,11-13H2,1-4H3. The van der Waals surface area contributed by atoms with Crippen LogP contribution < -0.4 is 9.64 Å². The van der Waals surface area contributed by atoms with Crippen LogP contribution in [0.2, 0.25) is 0 Å². The van der Waals surface area contributed by atoms with Crippen molar-refractivity contribution in [2.45, 2.75) is 46.0 Å². The zero-order valence-electron chi connectivity index (χ0n) is 19.0. The van der Waals surface area contributed by atoms with E-state index in [4.69, 9.17) is 4.74 Å². The third-order valence-electron chi connectivity index (χ3n) is 6.32. The number of aromatic hydroxyl groups is 1. The maximum Gasteiger partial charge on any atom is 0.293 e. The van der Waals surface area contributed by atoms with Crippen LogP contribution >= 0.6 is 0 Å². The molecule has 2 aliphatic rings. The number of hydrogen-bond donors (Lipinski definition) is 1. The number of ketones is 1. The Kier molecular flexibility index (Phi) is 5.47. The fourth-order valence-electron chi connectivity index (χ4n) is 4.86. The van der Waals surface area contributed by atoms with Gasteiger partial charge in [-0.3, -0.25) is 24.6 Å². The third-order valence-corrected chi connectivity index (χ3v) is 6.32. The summed E-state index contributed by atoms with van der Waals surface area (Å²) in [5, 5.41) is 21.8. The molecule has 1 N–H and O–H groups in total. The average Bonchev–Trinajstić information content (AvgIpc) is 2.73. The van der Waals surface area contributed by atoms with Gasteiger partial charge >= 0.3 is 0 Å². The molecule has 1 unspecified atom stereocenters. The molecule has 0 saturated heterocycles. The maximum absolute atomic E-state index is 13.5. The Bertz CT molecular complexity index is 1210. The summed E-state index contributed by atoms with van der Waals surface area (Å²) < 4.78 is 5.22. The molecule has 1 aliphatic carbocycles. The normalized spacial score (nSPS) is 20.0. The van der Waals surface area contributed by atoms with Gasteiger partial charge in [-0.2, -0.15) is 0 Å². The highest BCUT2D eigenvalue weighted by atomic mass is 16.6. The van der Waals surface area contributed by atoms with Gasteiger partial charge in [-0.05, 0) is 48.1 Å². The Morgan fingerprint density at radius 2 is 1.88 bits per heavy atom. The van der Waals surface area contributed by atoms with Crippen LogP contribution in [0.3, 0.4) is 0 Å². The van der Waals surface area contributed by atoms with Gasteiger partial charge in [0, 0.05) is 36.1 Å². The number of amides is 1. The molecule has 1 atom stereocenters. The second-order valence-corrected chi connectivity index (χ2v) is 9.47. The number of nitro groups is 1. The summed E-state index contributed by atoms with van der Waals surface area (Å²) in [5.74, 6) is -0.701. The SMILES string of the molecule is COc1cc(C2CC(=O)N(c3ccc(C)cc3[N+](=O)[O-])C3=C2C(=O)CC(C)(C)C3)ccc1O. The molecule has 1 amide bonds. The molecule has 0 aromatic heterocycles. The van der Waals surface area contributed by atoms with Crippen molar-refractivity contribution in [2.75, 3.05) is 12.0 Å². The van der Waals surface area contributed by atoms with E-state index in [9.17, 15) is 24.8 Å². The number of phenolic OH excluding ortho intramolecular Hbond substituents is 1. The number of nitro benzene ring substituents is 1. The van der Waals surface area contributed by atoms with E-state index in [1.54, 1.807) is 31.2 Å². The monoisotopic (exact) mass is 450 g/mol. The average molecular weight is 450 g/mol. The Morgan fingerprint density at radius 1 is 1.15 bits per heavy atom. The molecule has 0 spiro atoms. The van der Waals surface area contributed by atoms with Crippen molar-refractivity contribution in [2.24, 2.45) is 5.41 Å². The molecule has 4 rings (SSSR count). The first-order valence-electron chi connectivity index (χ1n) is 10.7. The number of anilines is 1. The van der Waals surface area contributed by atoms with E-state index in [1.165, 1.54) is 24.1 Å². The van der Waals surface area contributed by atoms with Crippen molar-refractivity contribution in [3.8, 4) is 11.5 Å². The van der Waals surface area contributed by atoms with Crippen molar-refractivity contribution in [3.05, 3.63) is 68.9 Å². The number of nitrogens with zero attached hydrogens (tertiary/aromatic N) is 2. The predicted octanol–water partition coefficient (Wildman–Crippen LogP) is 4.78. The van der Waals surface area contributed by atoms with Gasteiger partial charge in [-0.1, -0.05) is 26.0 Å². The van der Waals surface area contributed by atoms with Gasteiger partial charge < -0.3 is 9.84 Å². The van der Waals surface area contributed by atoms with E-state index in [0.29, 0.717) is 35.2 Å². The lowest BCUT2D eigenvalue weighted by atomic mass is 9.69. The summed E-state index contributed by atoms with van der Waals surface area (Å²) in [6, 6.07) is 9.53. The summed E-state index contributed by atoms with van der Waals surface area (Å²) in [6.45, 7) is 5.66. The number of benzene rings is 2. The molecule has 0 fully saturated rings. The molecule has 0 saturated carbocycles. The van der Waals surface area contributed by atoms with Gasteiger partial charge in [0.15, 0.2) is 17.3 Å². The van der Waals surface area contributed by atoms with Gasteiger partial charge in [0.2, 0.25) is 5.91 Å². The predicted molar refractivity (Wildman–Crippen MR) is 122 cm³/mol. The van der Waals surface area contributed by atoms with E-state index >= 15 is 0 Å². The Labute approximate surface area is 191 Å². The van der Waals surface area contributed by atoms with Crippen LogP contribution in [0.5, 0.6) is 11.5 Å². The number of methoxy groups -OCH3 is 1. The summed E-state index contributed by atoms with van der Waals surface area (Å²) in [6.07, 6.45) is 0.718. The molecular weight excluding hydrogens is 424 g/mol. The quantitative estimate of drug-likeness (QED) is 0.530. The summed E-state index contributed by atoms with van der Waals surface area (Å²) >= 11 is 0. The number of carbonyl (C=O) groups is 2. The first-order chi connectivity index (χ1) is 15.5. The van der Waals surface area contributed by atoms with Gasteiger partial charge in [0.1, 0.15) is 5.69 Å². The minimum absolute atomic E-state index is 0.0238. The summed E-state index contributed by atoms with van der Waals surface area (Å²) in [4.78, 5) is 39.6. The number of aryl methyl sites for hydroxylation is 1. The topological polar surface area (TPSA) is 110 Å². The molecule has 8 heteroatoms. The van der Waals surface area contributed by atoms with E-state index in [2.05, 4.69) is 0 Å². The second kappa shape index (κ2) is 8.03. The first kappa shape index (κ1) is 22.5. The zero-order chi connectivity index (χ0) is 24.1. The lowest BCUT2D eigenvalue weighted by Gasteiger charge is -2.42. The number of rotatable bonds is 4. The second-order valence-electron chi connectivity index (χ2n) is 9.47. The van der Waals surface area contributed by atoms with Crippen LogP contribution in [0.1, 0.15) is 50.2 Å². The highest BCUT2D eigenvalue weighted by Crippen LogP contribution is 2.50. The third kappa shape index (κ3) is 3.97. The number of phenols is 1. The number of Topliss-reactive ketones (excluding diaryl/α,β-unsaturated/α-hetero) is 1. The highest BCUT2D eigenvalue weighted by Gasteiger charge is 2.45. The van der Waals surface area contributed by atoms with Crippen molar-refractivity contribution in [1.82, 2.24) is 0 Å². The Morgan fingerprint density at radius 3 is 2.55 bits per heavy atom. The molecular formula is C25H26N2O6. The molecule has 33 heavy (non-hydrogen) atoms. The highest BCUT2D eigenvalue weighted by molar-refractivity contribution is 6.08. The van der Waals surface area contributed by atoms with Gasteiger partial charge in [0.05, 0.1) is 12.0 Å². The molecule has 1 aliphatic heterocycles. The number of ether oxygens (including phenoxy) is 1. The van der Waals surface area contributed by atoms with Crippen LogP contribution in [-0.2, 0) is 9.59 Å². The fraction of sp³-hybridized carbons (Fsp3) is 0.360. The van der Waals surface area contributed by atoms with Crippen molar-refractivity contribution in [3.63, 3.8) is 0 Å². The van der Waals surface area contributed by atoms with Gasteiger partial charge in [-0.25, -0.2) is 0 Å². The minimum Gasteiger partial charge on any atom is -0.504 e. The van der Waals surface area contributed by atoms with Crippen molar-refractivity contribution < 1.29 is 24.4 Å². The lowest BCUT2D eigenvalue weighted by molar-refractivity contribution is -0.384. The molecule has 2 aromatic rings. The number of hydrogen-bond acceptors (Lipinski definition) is 6. The smallest absolute Gasteiger partial charge is 0.293 e. The van der Waals surface area contributed by atoms with E-state index < -0.39 is 16.3 Å². The largest absolute Gasteiger partial charge is 0.504 e. The summed E-state index contributed by atoms with van der Waals surface area (Å²) in [5.41, 5.74) is 2.00. The van der Waals surface area contributed by atoms with Gasteiger partial charge in [-0.15, -0.1) is 0 Å². The van der Waals surface area contributed by atoms with Crippen LogP contribution in [0.25, 0.3) is 0 Å². The molecule has 1 heterocycles. The molecule has 8 nitrogen and oxygen atoms in total. The maximum atomic E-state index is 13.5. The van der Waals surface area contributed by atoms with E-state index in [-0.39, 0.29) is 41.0 Å². The van der Waals surface area contributed by atoms with Crippen LogP contribution in [0.4, 0.5) is 11.4 Å². The van der Waals surface area contributed by atoms with E-state index in [1.807, 2.05) is 13.8 Å². The Hall–Kier alpha value is -3.68. The zero-order valence-corrected chi connectivity index (χ0v) is 19.0. The van der Waals surface area contributed by atoms with Crippen LogP contribution in [0, 0.1) is 22.5 Å². The molecule has 172 valence electrons. The fourth-order valence-corrected chi connectivity index (χ4v) is 4.86. The van der Waals surface area contributed by atoms with Crippen molar-refractivity contribution >= 4 is 23.1 Å². The van der Waals surface area contributed by atoms with Gasteiger partial charge in [0.25, 0.3) is 5.69 Å². The lowest BCUT2D eigenvalue weighted by Crippen LogP contribution is -2.44. The number of carbonyl (C=O) groups excluding carboxylic acids is 2. The van der Waals surface area contributed by atoms with Crippen LogP contribution in [0.15, 0.2) is 47.7 Å². The minimum atomic E-state index is -0.522. The van der Waals surface area contributed by atoms with Crippen LogP contribution in [-0.4, -0.2) is 28.8 Å². The summed E-state index contributed by atoms with van der Waals surface area (Å²) in [7, 11) is 1.43. The number of allylic oxidation sites excluding steroid dienone is 2. The molecule has 0 bridgehead atoms. The molecule has 0 radical (unpaired) electrons. The Balaban J connectivity index is 1.95. The molecule has 2 aromatic carbocycles. The van der Waals surface area contributed by atoms with Crippen molar-refractivity contribution in [1.29, 1.82) is 0 Å².